The number of hydrogen-bond acceptors (Lipinski definition) is 8. The highest BCUT2D eigenvalue weighted by atomic mass is 35.5. The van der Waals surface area contributed by atoms with Crippen LogP contribution in [0.3, 0.4) is 0 Å². The SMILES string of the molecule is CN1CCN(CCCOc2cc3ncnc(Nc4ccc(F)c(Cl)c4)c3nc2N)CC1. The van der Waals surface area contributed by atoms with Gasteiger partial charge in [0.05, 0.1) is 17.1 Å². The number of aromatic nitrogens is 3. The second-order valence-corrected chi connectivity index (χ2v) is 7.97. The Bertz CT molecular complexity index is 1060. The van der Waals surface area contributed by atoms with E-state index < -0.39 is 5.82 Å². The van der Waals surface area contributed by atoms with Gasteiger partial charge in [-0.05, 0) is 31.7 Å². The first-order valence-electron chi connectivity index (χ1n) is 10.2. The van der Waals surface area contributed by atoms with Crippen LogP contribution in [0.15, 0.2) is 30.6 Å². The van der Waals surface area contributed by atoms with Crippen LogP contribution in [-0.2, 0) is 0 Å². The summed E-state index contributed by atoms with van der Waals surface area (Å²) in [6.07, 6.45) is 2.33. The molecule has 1 fully saturated rings. The summed E-state index contributed by atoms with van der Waals surface area (Å²) in [6, 6.07) is 6.09. The Hall–Kier alpha value is -2.75. The highest BCUT2D eigenvalue weighted by molar-refractivity contribution is 6.31. The normalized spacial score (nSPS) is 15.3. The molecule has 1 aliphatic heterocycles. The van der Waals surface area contributed by atoms with Crippen LogP contribution in [0.5, 0.6) is 5.75 Å². The van der Waals surface area contributed by atoms with Crippen molar-refractivity contribution in [3.63, 3.8) is 0 Å². The van der Waals surface area contributed by atoms with E-state index >= 15 is 0 Å². The topological polar surface area (TPSA) is 92.4 Å². The van der Waals surface area contributed by atoms with E-state index in [-0.39, 0.29) is 10.8 Å². The fraction of sp³-hybridized carbons (Fsp3) is 0.381. The van der Waals surface area contributed by atoms with Crippen molar-refractivity contribution in [3.8, 4) is 5.75 Å². The van der Waals surface area contributed by atoms with E-state index in [9.17, 15) is 4.39 Å². The van der Waals surface area contributed by atoms with Gasteiger partial charge < -0.3 is 25.6 Å². The number of rotatable bonds is 7. The number of halogens is 2. The molecule has 0 amide bonds. The van der Waals surface area contributed by atoms with Crippen molar-refractivity contribution >= 4 is 40.0 Å². The number of nitrogens with two attached hydrogens (primary N) is 1. The number of benzene rings is 1. The molecule has 8 nitrogen and oxygen atoms in total. The van der Waals surface area contributed by atoms with Crippen LogP contribution in [0.2, 0.25) is 5.02 Å². The Morgan fingerprint density at radius 1 is 1.19 bits per heavy atom. The van der Waals surface area contributed by atoms with E-state index in [0.29, 0.717) is 34.9 Å². The summed E-state index contributed by atoms with van der Waals surface area (Å²) in [5, 5.41) is 3.10. The van der Waals surface area contributed by atoms with Gasteiger partial charge in [-0.1, -0.05) is 11.6 Å². The number of fused-ring (bicyclic) bond motifs is 1. The molecule has 3 N–H and O–H groups in total. The highest BCUT2D eigenvalue weighted by Crippen LogP contribution is 2.29. The minimum Gasteiger partial charge on any atom is -0.490 e. The fourth-order valence-corrected chi connectivity index (χ4v) is 3.62. The molecule has 0 radical (unpaired) electrons. The van der Waals surface area contributed by atoms with E-state index in [4.69, 9.17) is 22.1 Å². The van der Waals surface area contributed by atoms with Gasteiger partial charge in [0.25, 0.3) is 0 Å². The van der Waals surface area contributed by atoms with Crippen LogP contribution in [-0.4, -0.2) is 71.1 Å². The van der Waals surface area contributed by atoms with Gasteiger partial charge >= 0.3 is 0 Å². The van der Waals surface area contributed by atoms with Crippen molar-refractivity contribution in [2.45, 2.75) is 6.42 Å². The van der Waals surface area contributed by atoms with Crippen molar-refractivity contribution in [1.29, 1.82) is 0 Å². The Morgan fingerprint density at radius 2 is 2.00 bits per heavy atom. The molecule has 2 aromatic heterocycles. The zero-order valence-corrected chi connectivity index (χ0v) is 18.1. The summed E-state index contributed by atoms with van der Waals surface area (Å²) >= 11 is 5.86. The Balaban J connectivity index is 1.42. The maximum atomic E-state index is 13.4. The number of pyridine rings is 1. The van der Waals surface area contributed by atoms with Crippen LogP contribution in [0.4, 0.5) is 21.7 Å². The Labute approximate surface area is 185 Å². The molecule has 1 aliphatic rings. The summed E-state index contributed by atoms with van der Waals surface area (Å²) in [6.45, 7) is 5.91. The van der Waals surface area contributed by atoms with Crippen LogP contribution in [0, 0.1) is 5.82 Å². The average molecular weight is 446 g/mol. The van der Waals surface area contributed by atoms with Gasteiger partial charge in [0.15, 0.2) is 17.4 Å². The summed E-state index contributed by atoms with van der Waals surface area (Å²) in [5.74, 6) is 0.722. The Morgan fingerprint density at radius 3 is 2.77 bits per heavy atom. The van der Waals surface area contributed by atoms with Gasteiger partial charge in [0, 0.05) is 44.5 Å². The van der Waals surface area contributed by atoms with Crippen LogP contribution < -0.4 is 15.8 Å². The molecule has 3 heterocycles. The summed E-state index contributed by atoms with van der Waals surface area (Å²) in [7, 11) is 2.15. The second-order valence-electron chi connectivity index (χ2n) is 7.56. The lowest BCUT2D eigenvalue weighted by Gasteiger charge is -2.32. The van der Waals surface area contributed by atoms with E-state index in [2.05, 4.69) is 37.1 Å². The predicted molar refractivity (Wildman–Crippen MR) is 120 cm³/mol. The van der Waals surface area contributed by atoms with Crippen LogP contribution in [0.25, 0.3) is 11.0 Å². The van der Waals surface area contributed by atoms with Crippen molar-refractivity contribution in [1.82, 2.24) is 24.8 Å². The molecule has 10 heteroatoms. The van der Waals surface area contributed by atoms with Gasteiger partial charge in [0.2, 0.25) is 0 Å². The average Bonchev–Trinajstić information content (AvgIpc) is 2.76. The van der Waals surface area contributed by atoms with Gasteiger partial charge in [-0.15, -0.1) is 0 Å². The van der Waals surface area contributed by atoms with Gasteiger partial charge in [-0.3, -0.25) is 0 Å². The van der Waals surface area contributed by atoms with Gasteiger partial charge in [0.1, 0.15) is 17.7 Å². The lowest BCUT2D eigenvalue weighted by atomic mass is 10.3. The maximum Gasteiger partial charge on any atom is 0.167 e. The smallest absolute Gasteiger partial charge is 0.167 e. The zero-order valence-electron chi connectivity index (χ0n) is 17.3. The lowest BCUT2D eigenvalue weighted by Crippen LogP contribution is -2.44. The van der Waals surface area contributed by atoms with Crippen molar-refractivity contribution < 1.29 is 9.13 Å². The molecule has 164 valence electrons. The molecular formula is C21H25ClFN7O. The lowest BCUT2D eigenvalue weighted by molar-refractivity contribution is 0.145. The first-order valence-corrected chi connectivity index (χ1v) is 10.5. The highest BCUT2D eigenvalue weighted by Gasteiger charge is 2.14. The third-order valence-corrected chi connectivity index (χ3v) is 5.55. The van der Waals surface area contributed by atoms with E-state index in [1.807, 2.05) is 0 Å². The molecule has 0 atom stereocenters. The number of piperazine rings is 1. The van der Waals surface area contributed by atoms with Crippen molar-refractivity contribution in [3.05, 3.63) is 41.4 Å². The van der Waals surface area contributed by atoms with E-state index in [1.165, 1.54) is 18.5 Å². The molecule has 0 spiro atoms. The van der Waals surface area contributed by atoms with Crippen molar-refractivity contribution in [2.24, 2.45) is 0 Å². The molecule has 31 heavy (non-hydrogen) atoms. The number of anilines is 3. The van der Waals surface area contributed by atoms with Crippen LogP contribution in [0.1, 0.15) is 6.42 Å². The summed E-state index contributed by atoms with van der Waals surface area (Å²) < 4.78 is 19.3. The number of nitrogens with one attached hydrogen (secondary N) is 1. The molecule has 1 aromatic carbocycles. The first kappa shape index (κ1) is 21.5. The van der Waals surface area contributed by atoms with Gasteiger partial charge in [-0.25, -0.2) is 19.3 Å². The van der Waals surface area contributed by atoms with Gasteiger partial charge in [-0.2, -0.15) is 0 Å². The Kier molecular flexibility index (Phi) is 6.64. The van der Waals surface area contributed by atoms with Crippen molar-refractivity contribution in [2.75, 3.05) is 57.4 Å². The number of nitrogen functional groups attached to an aromatic ring is 1. The van der Waals surface area contributed by atoms with Crippen LogP contribution >= 0.6 is 11.6 Å². The predicted octanol–water partition coefficient (Wildman–Crippen LogP) is 3.16. The molecule has 3 aromatic rings. The fourth-order valence-electron chi connectivity index (χ4n) is 3.44. The molecule has 0 aliphatic carbocycles. The molecule has 0 unspecified atom stereocenters. The van der Waals surface area contributed by atoms with E-state index in [1.54, 1.807) is 12.1 Å². The number of ether oxygens (including phenoxy) is 1. The zero-order chi connectivity index (χ0) is 21.8. The molecule has 0 saturated carbocycles. The quantitative estimate of drug-likeness (QED) is 0.536. The standard InChI is InChI=1S/C21H25ClFN7O/c1-29-6-8-30(9-7-29)5-2-10-31-18-12-17-19(28-20(18)24)21(26-13-25-17)27-14-3-4-16(23)15(22)11-14/h3-4,11-13H,2,5-10H2,1H3,(H2,24,28)(H,25,26,27). The molecule has 4 rings (SSSR count). The summed E-state index contributed by atoms with van der Waals surface area (Å²) in [5.41, 5.74) is 7.79. The minimum atomic E-state index is -0.489. The summed E-state index contributed by atoms with van der Waals surface area (Å²) in [4.78, 5) is 17.7. The first-order chi connectivity index (χ1) is 15.0. The molecule has 0 bridgehead atoms. The minimum absolute atomic E-state index is 0.0168. The number of likely N-dealkylation sites (N-methyl/N-ethyl adjacent to an activating group) is 1. The third kappa shape index (κ3) is 5.30. The largest absolute Gasteiger partial charge is 0.490 e. The number of hydrogen-bond donors (Lipinski definition) is 2. The maximum absolute atomic E-state index is 13.4. The number of nitrogens with zero attached hydrogens (tertiary/aromatic N) is 5. The third-order valence-electron chi connectivity index (χ3n) is 5.26. The molecule has 1 saturated heterocycles. The van der Waals surface area contributed by atoms with E-state index in [0.717, 1.165) is 39.1 Å². The monoisotopic (exact) mass is 445 g/mol. The molecular weight excluding hydrogens is 421 g/mol. The second kappa shape index (κ2) is 9.59.